The maximum atomic E-state index is 13.1. The summed E-state index contributed by atoms with van der Waals surface area (Å²) in [4.78, 5) is 27.8. The Morgan fingerprint density at radius 2 is 1.68 bits per heavy atom. The van der Waals surface area contributed by atoms with Crippen LogP contribution in [0.2, 0.25) is 5.02 Å². The lowest BCUT2D eigenvalue weighted by Crippen LogP contribution is -2.23. The van der Waals surface area contributed by atoms with Crippen LogP contribution < -0.4 is 0 Å². The molecule has 1 aliphatic rings. The van der Waals surface area contributed by atoms with Crippen molar-refractivity contribution in [1.29, 1.82) is 0 Å². The molecular formula is C22H15ClN4O. The Hall–Kier alpha value is -3.31. The van der Waals surface area contributed by atoms with Crippen molar-refractivity contribution >= 4 is 28.4 Å². The van der Waals surface area contributed by atoms with Crippen molar-refractivity contribution < 1.29 is 4.79 Å². The lowest BCUT2D eigenvalue weighted by molar-refractivity contribution is 0.0762. The van der Waals surface area contributed by atoms with E-state index in [2.05, 4.69) is 15.0 Å². The van der Waals surface area contributed by atoms with Crippen LogP contribution in [0.5, 0.6) is 0 Å². The van der Waals surface area contributed by atoms with Gasteiger partial charge in [0.15, 0.2) is 0 Å². The minimum absolute atomic E-state index is 0.0565. The first-order valence-corrected chi connectivity index (χ1v) is 9.29. The third-order valence-corrected chi connectivity index (χ3v) is 5.21. The average Bonchev–Trinajstić information content (AvgIpc) is 3.03. The van der Waals surface area contributed by atoms with Gasteiger partial charge < -0.3 is 4.90 Å². The zero-order chi connectivity index (χ0) is 19.1. The van der Waals surface area contributed by atoms with Crippen LogP contribution in [0.4, 0.5) is 0 Å². The van der Waals surface area contributed by atoms with Gasteiger partial charge in [-0.1, -0.05) is 11.6 Å². The highest BCUT2D eigenvalue weighted by Crippen LogP contribution is 2.38. The molecule has 0 saturated heterocycles. The molecule has 0 bridgehead atoms. The van der Waals surface area contributed by atoms with Crippen molar-refractivity contribution in [2.45, 2.75) is 13.1 Å². The molecule has 4 aromatic rings. The number of pyridine rings is 3. The van der Waals surface area contributed by atoms with E-state index < -0.39 is 0 Å². The maximum absolute atomic E-state index is 13.1. The molecule has 1 aliphatic heterocycles. The Morgan fingerprint density at radius 1 is 0.964 bits per heavy atom. The fraction of sp³-hybridized carbons (Fsp3) is 0.0909. The number of benzene rings is 1. The first-order chi connectivity index (χ1) is 13.7. The molecule has 1 aromatic carbocycles. The van der Waals surface area contributed by atoms with E-state index >= 15 is 0 Å². The van der Waals surface area contributed by atoms with Gasteiger partial charge in [-0.05, 0) is 59.2 Å². The summed E-state index contributed by atoms with van der Waals surface area (Å²) in [6.45, 7) is 1.02. The van der Waals surface area contributed by atoms with Crippen molar-refractivity contribution in [1.82, 2.24) is 19.9 Å². The Bertz CT molecular complexity index is 1200. The molecule has 0 atom stereocenters. The standard InChI is InChI=1S/C22H15ClN4O/c23-16-1-2-19-17(11-16)20(15-5-9-25-10-6-15)18-13-27(22(28)21(18)26-19)12-14-3-7-24-8-4-14/h1-11H,12-13H2. The van der Waals surface area contributed by atoms with Gasteiger partial charge in [-0.2, -0.15) is 0 Å². The van der Waals surface area contributed by atoms with Crippen LogP contribution in [0.1, 0.15) is 21.6 Å². The number of hydrogen-bond acceptors (Lipinski definition) is 4. The Labute approximate surface area is 166 Å². The van der Waals surface area contributed by atoms with Crippen LogP contribution >= 0.6 is 11.6 Å². The number of amides is 1. The molecule has 0 aliphatic carbocycles. The predicted octanol–water partition coefficient (Wildman–Crippen LogP) is 4.50. The van der Waals surface area contributed by atoms with E-state index in [0.717, 1.165) is 33.2 Å². The molecule has 5 rings (SSSR count). The zero-order valence-electron chi connectivity index (χ0n) is 14.8. The van der Waals surface area contributed by atoms with Gasteiger partial charge in [0.25, 0.3) is 5.91 Å². The molecule has 28 heavy (non-hydrogen) atoms. The second-order valence-electron chi connectivity index (χ2n) is 6.73. The zero-order valence-corrected chi connectivity index (χ0v) is 15.6. The van der Waals surface area contributed by atoms with Gasteiger partial charge in [0, 0.05) is 53.8 Å². The highest BCUT2D eigenvalue weighted by atomic mass is 35.5. The van der Waals surface area contributed by atoms with Crippen LogP contribution in [-0.2, 0) is 13.1 Å². The maximum Gasteiger partial charge on any atom is 0.273 e. The van der Waals surface area contributed by atoms with Gasteiger partial charge >= 0.3 is 0 Å². The minimum atomic E-state index is -0.0565. The van der Waals surface area contributed by atoms with E-state index in [-0.39, 0.29) is 5.91 Å². The number of fused-ring (bicyclic) bond motifs is 2. The molecule has 1 amide bonds. The van der Waals surface area contributed by atoms with Gasteiger partial charge in [0.1, 0.15) is 5.69 Å². The molecule has 5 nitrogen and oxygen atoms in total. The number of carbonyl (C=O) groups is 1. The summed E-state index contributed by atoms with van der Waals surface area (Å²) in [6.07, 6.45) is 6.98. The van der Waals surface area contributed by atoms with E-state index in [0.29, 0.717) is 23.8 Å². The topological polar surface area (TPSA) is 59.0 Å². The van der Waals surface area contributed by atoms with Gasteiger partial charge in [0.05, 0.1) is 5.52 Å². The summed E-state index contributed by atoms with van der Waals surface area (Å²) in [5.74, 6) is -0.0565. The van der Waals surface area contributed by atoms with Crippen LogP contribution in [0.25, 0.3) is 22.0 Å². The Morgan fingerprint density at radius 3 is 2.43 bits per heavy atom. The van der Waals surface area contributed by atoms with Crippen LogP contribution in [0.3, 0.4) is 0 Å². The number of aromatic nitrogens is 3. The van der Waals surface area contributed by atoms with Gasteiger partial charge in [-0.3, -0.25) is 14.8 Å². The predicted molar refractivity (Wildman–Crippen MR) is 108 cm³/mol. The van der Waals surface area contributed by atoms with E-state index in [9.17, 15) is 4.79 Å². The lowest BCUT2D eigenvalue weighted by atomic mass is 9.96. The molecule has 136 valence electrons. The van der Waals surface area contributed by atoms with Crippen molar-refractivity contribution in [2.75, 3.05) is 0 Å². The number of carbonyl (C=O) groups excluding carboxylic acids is 1. The van der Waals surface area contributed by atoms with Crippen molar-refractivity contribution in [3.8, 4) is 11.1 Å². The molecule has 0 spiro atoms. The van der Waals surface area contributed by atoms with Gasteiger partial charge in [-0.15, -0.1) is 0 Å². The largest absolute Gasteiger partial charge is 0.329 e. The van der Waals surface area contributed by atoms with E-state index in [1.165, 1.54) is 0 Å². The summed E-state index contributed by atoms with van der Waals surface area (Å²) in [5, 5.41) is 1.58. The number of rotatable bonds is 3. The molecule has 6 heteroatoms. The second-order valence-corrected chi connectivity index (χ2v) is 7.16. The summed E-state index contributed by atoms with van der Waals surface area (Å²) in [5.41, 5.74) is 5.23. The smallest absolute Gasteiger partial charge is 0.273 e. The first kappa shape index (κ1) is 16.8. The average molecular weight is 387 g/mol. The summed E-state index contributed by atoms with van der Waals surface area (Å²) in [7, 11) is 0. The van der Waals surface area contributed by atoms with Gasteiger partial charge in [0.2, 0.25) is 0 Å². The molecule has 0 unspecified atom stereocenters. The quantitative estimate of drug-likeness (QED) is 0.520. The Kier molecular flexibility index (Phi) is 4.02. The molecule has 4 heterocycles. The second kappa shape index (κ2) is 6.69. The van der Waals surface area contributed by atoms with Crippen LogP contribution in [0, 0.1) is 0 Å². The highest BCUT2D eigenvalue weighted by Gasteiger charge is 2.32. The van der Waals surface area contributed by atoms with Crippen molar-refractivity contribution in [2.24, 2.45) is 0 Å². The number of halogens is 1. The normalized spacial score (nSPS) is 13.2. The molecule has 0 saturated carbocycles. The lowest BCUT2D eigenvalue weighted by Gasteiger charge is -2.15. The Balaban J connectivity index is 1.68. The molecule has 0 radical (unpaired) electrons. The molecule has 0 fully saturated rings. The fourth-order valence-corrected chi connectivity index (χ4v) is 3.87. The van der Waals surface area contributed by atoms with Crippen molar-refractivity contribution in [3.63, 3.8) is 0 Å². The third-order valence-electron chi connectivity index (χ3n) is 4.98. The molecule has 0 N–H and O–H groups in total. The van der Waals surface area contributed by atoms with Crippen LogP contribution in [0.15, 0.2) is 67.3 Å². The number of nitrogens with zero attached hydrogens (tertiary/aromatic N) is 4. The SMILES string of the molecule is O=C1c2nc3ccc(Cl)cc3c(-c3ccncc3)c2CN1Cc1ccncc1. The molecule has 3 aromatic heterocycles. The third kappa shape index (κ3) is 2.80. The van der Waals surface area contributed by atoms with Crippen LogP contribution in [-0.4, -0.2) is 25.8 Å². The first-order valence-electron chi connectivity index (χ1n) is 8.91. The summed E-state index contributed by atoms with van der Waals surface area (Å²) < 4.78 is 0. The summed E-state index contributed by atoms with van der Waals surface area (Å²) in [6, 6.07) is 13.3. The monoisotopic (exact) mass is 386 g/mol. The molecular weight excluding hydrogens is 372 g/mol. The fourth-order valence-electron chi connectivity index (χ4n) is 3.70. The summed E-state index contributed by atoms with van der Waals surface area (Å²) >= 11 is 6.27. The van der Waals surface area contributed by atoms with E-state index in [4.69, 9.17) is 11.6 Å². The van der Waals surface area contributed by atoms with E-state index in [1.54, 1.807) is 30.9 Å². The van der Waals surface area contributed by atoms with E-state index in [1.807, 2.05) is 41.3 Å². The van der Waals surface area contributed by atoms with Crippen molar-refractivity contribution in [3.05, 3.63) is 89.1 Å². The highest BCUT2D eigenvalue weighted by molar-refractivity contribution is 6.31. The van der Waals surface area contributed by atoms with Gasteiger partial charge in [-0.25, -0.2) is 4.98 Å². The minimum Gasteiger partial charge on any atom is -0.329 e. The number of hydrogen-bond donors (Lipinski definition) is 0.